The third-order valence-corrected chi connectivity index (χ3v) is 3.64. The lowest BCUT2D eigenvalue weighted by Gasteiger charge is -2.20. The van der Waals surface area contributed by atoms with Crippen molar-refractivity contribution in [1.82, 2.24) is 15.5 Å². The summed E-state index contributed by atoms with van der Waals surface area (Å²) in [6.45, 7) is 4.23. The highest BCUT2D eigenvalue weighted by atomic mass is 16.5. The van der Waals surface area contributed by atoms with Crippen LogP contribution in [0.3, 0.4) is 0 Å². The van der Waals surface area contributed by atoms with E-state index >= 15 is 0 Å². The van der Waals surface area contributed by atoms with E-state index in [4.69, 9.17) is 8.94 Å². The number of hydrogen-bond donors (Lipinski definition) is 1. The van der Waals surface area contributed by atoms with Gasteiger partial charge in [-0.05, 0) is 37.9 Å². The van der Waals surface area contributed by atoms with Gasteiger partial charge in [0.1, 0.15) is 5.76 Å². The van der Waals surface area contributed by atoms with Gasteiger partial charge < -0.3 is 14.3 Å². The van der Waals surface area contributed by atoms with Gasteiger partial charge in [-0.25, -0.2) is 0 Å². The summed E-state index contributed by atoms with van der Waals surface area (Å²) >= 11 is 0. The molecule has 0 aromatic carbocycles. The van der Waals surface area contributed by atoms with Crippen LogP contribution in [0.2, 0.25) is 0 Å². The molecule has 1 N–H and O–H groups in total. The van der Waals surface area contributed by atoms with Crippen LogP contribution in [0.15, 0.2) is 21.3 Å². The zero-order valence-corrected chi connectivity index (χ0v) is 11.2. The molecule has 1 atom stereocenters. The molecule has 3 heterocycles. The number of hydrogen-bond acceptors (Lipinski definition) is 5. The van der Waals surface area contributed by atoms with Crippen molar-refractivity contribution in [1.29, 1.82) is 0 Å². The second kappa shape index (κ2) is 5.57. The maximum absolute atomic E-state index is 5.39. The van der Waals surface area contributed by atoms with Crippen LogP contribution in [0.5, 0.6) is 0 Å². The second-order valence-corrected chi connectivity index (χ2v) is 5.04. The van der Waals surface area contributed by atoms with Crippen LogP contribution >= 0.6 is 0 Å². The summed E-state index contributed by atoms with van der Waals surface area (Å²) in [5, 5.41) is 7.49. The number of aryl methyl sites for hydroxylation is 1. The molecule has 0 spiro atoms. The maximum atomic E-state index is 5.39. The van der Waals surface area contributed by atoms with Crippen molar-refractivity contribution in [2.75, 3.05) is 13.1 Å². The molecule has 102 valence electrons. The van der Waals surface area contributed by atoms with Crippen LogP contribution in [-0.2, 0) is 12.8 Å². The first-order valence-corrected chi connectivity index (χ1v) is 6.97. The SMILES string of the molecule is CCc1occc1-c1nc(CC2CCCNC2)no1. The molecule has 2 aromatic rings. The van der Waals surface area contributed by atoms with Crippen LogP contribution < -0.4 is 5.32 Å². The van der Waals surface area contributed by atoms with E-state index in [0.29, 0.717) is 11.8 Å². The van der Waals surface area contributed by atoms with Crippen LogP contribution in [-0.4, -0.2) is 23.2 Å². The molecule has 0 aliphatic carbocycles. The Hall–Kier alpha value is -1.62. The number of piperidine rings is 1. The van der Waals surface area contributed by atoms with Crippen molar-refractivity contribution >= 4 is 0 Å². The summed E-state index contributed by atoms with van der Waals surface area (Å²) in [7, 11) is 0. The average Bonchev–Trinajstić information content (AvgIpc) is 3.07. The first kappa shape index (κ1) is 12.4. The molecule has 1 unspecified atom stereocenters. The Morgan fingerprint density at radius 3 is 3.21 bits per heavy atom. The highest BCUT2D eigenvalue weighted by Crippen LogP contribution is 2.24. The van der Waals surface area contributed by atoms with E-state index in [1.54, 1.807) is 6.26 Å². The molecule has 5 nitrogen and oxygen atoms in total. The normalized spacial score (nSPS) is 19.7. The van der Waals surface area contributed by atoms with Crippen LogP contribution in [0.25, 0.3) is 11.5 Å². The van der Waals surface area contributed by atoms with Crippen molar-refractivity contribution in [3.05, 3.63) is 23.9 Å². The lowest BCUT2D eigenvalue weighted by atomic mass is 9.96. The first-order chi connectivity index (χ1) is 9.36. The fourth-order valence-corrected chi connectivity index (χ4v) is 2.61. The summed E-state index contributed by atoms with van der Waals surface area (Å²) in [6, 6.07) is 1.89. The van der Waals surface area contributed by atoms with Gasteiger partial charge in [0.2, 0.25) is 0 Å². The topological polar surface area (TPSA) is 64.1 Å². The Morgan fingerprint density at radius 1 is 1.47 bits per heavy atom. The van der Waals surface area contributed by atoms with Gasteiger partial charge in [-0.3, -0.25) is 0 Å². The number of aromatic nitrogens is 2. The van der Waals surface area contributed by atoms with Gasteiger partial charge in [0.05, 0.1) is 11.8 Å². The first-order valence-electron chi connectivity index (χ1n) is 6.97. The van der Waals surface area contributed by atoms with Gasteiger partial charge in [-0.1, -0.05) is 12.1 Å². The van der Waals surface area contributed by atoms with Gasteiger partial charge in [0, 0.05) is 12.8 Å². The standard InChI is InChI=1S/C14H19N3O2/c1-2-12-11(5-7-18-12)14-16-13(17-19-14)8-10-4-3-6-15-9-10/h5,7,10,15H,2-4,6,8-9H2,1H3. The van der Waals surface area contributed by atoms with E-state index in [2.05, 4.69) is 15.5 Å². The average molecular weight is 261 g/mol. The quantitative estimate of drug-likeness (QED) is 0.915. The lowest BCUT2D eigenvalue weighted by Crippen LogP contribution is -2.31. The number of furan rings is 1. The Balaban J connectivity index is 1.72. The van der Waals surface area contributed by atoms with Gasteiger partial charge in [0.15, 0.2) is 5.82 Å². The molecule has 0 bridgehead atoms. The summed E-state index contributed by atoms with van der Waals surface area (Å²) in [5.41, 5.74) is 0.919. The molecule has 0 amide bonds. The molecular formula is C14H19N3O2. The van der Waals surface area contributed by atoms with E-state index in [-0.39, 0.29) is 0 Å². The minimum absolute atomic E-state index is 0.573. The highest BCUT2D eigenvalue weighted by molar-refractivity contribution is 5.55. The largest absolute Gasteiger partial charge is 0.469 e. The molecule has 5 heteroatoms. The monoisotopic (exact) mass is 261 g/mol. The number of rotatable bonds is 4. The van der Waals surface area contributed by atoms with E-state index in [9.17, 15) is 0 Å². The molecule has 2 aromatic heterocycles. The summed E-state index contributed by atoms with van der Waals surface area (Å²) in [5.74, 6) is 2.89. The maximum Gasteiger partial charge on any atom is 0.261 e. The van der Waals surface area contributed by atoms with Crippen molar-refractivity contribution < 1.29 is 8.94 Å². The molecule has 1 saturated heterocycles. The molecule has 1 aliphatic rings. The third-order valence-electron chi connectivity index (χ3n) is 3.64. The molecule has 1 aliphatic heterocycles. The smallest absolute Gasteiger partial charge is 0.261 e. The van der Waals surface area contributed by atoms with Crippen LogP contribution in [0.4, 0.5) is 0 Å². The zero-order chi connectivity index (χ0) is 13.1. The third kappa shape index (κ3) is 2.71. The van der Waals surface area contributed by atoms with Gasteiger partial charge in [-0.2, -0.15) is 4.98 Å². The predicted molar refractivity (Wildman–Crippen MR) is 70.7 cm³/mol. The minimum Gasteiger partial charge on any atom is -0.469 e. The Kier molecular flexibility index (Phi) is 3.64. The van der Waals surface area contributed by atoms with E-state index in [1.807, 2.05) is 13.0 Å². The molecule has 0 radical (unpaired) electrons. The number of nitrogens with one attached hydrogen (secondary N) is 1. The Morgan fingerprint density at radius 2 is 2.42 bits per heavy atom. The van der Waals surface area contributed by atoms with Gasteiger partial charge >= 0.3 is 0 Å². The summed E-state index contributed by atoms with van der Waals surface area (Å²) in [4.78, 5) is 4.49. The van der Waals surface area contributed by atoms with Crippen molar-refractivity contribution in [3.8, 4) is 11.5 Å². The van der Waals surface area contributed by atoms with Crippen LogP contribution in [0.1, 0.15) is 31.4 Å². The van der Waals surface area contributed by atoms with Gasteiger partial charge in [-0.15, -0.1) is 0 Å². The van der Waals surface area contributed by atoms with E-state index in [0.717, 1.165) is 43.1 Å². The van der Waals surface area contributed by atoms with Crippen molar-refractivity contribution in [2.24, 2.45) is 5.92 Å². The van der Waals surface area contributed by atoms with Crippen molar-refractivity contribution in [3.63, 3.8) is 0 Å². The van der Waals surface area contributed by atoms with Crippen LogP contribution in [0, 0.1) is 5.92 Å². The van der Waals surface area contributed by atoms with Gasteiger partial charge in [0.25, 0.3) is 5.89 Å². The Bertz CT molecular complexity index is 526. The lowest BCUT2D eigenvalue weighted by molar-refractivity contribution is 0.359. The predicted octanol–water partition coefficient (Wildman–Crippen LogP) is 2.43. The molecular weight excluding hydrogens is 242 g/mol. The van der Waals surface area contributed by atoms with Crippen molar-refractivity contribution in [2.45, 2.75) is 32.6 Å². The molecule has 1 fully saturated rings. The molecule has 19 heavy (non-hydrogen) atoms. The van der Waals surface area contributed by atoms with E-state index < -0.39 is 0 Å². The second-order valence-electron chi connectivity index (χ2n) is 5.04. The highest BCUT2D eigenvalue weighted by Gasteiger charge is 2.19. The molecule has 3 rings (SSSR count). The summed E-state index contributed by atoms with van der Waals surface area (Å²) < 4.78 is 10.7. The summed E-state index contributed by atoms with van der Waals surface area (Å²) in [6.07, 6.45) is 5.85. The zero-order valence-electron chi connectivity index (χ0n) is 11.2. The fraction of sp³-hybridized carbons (Fsp3) is 0.571. The fourth-order valence-electron chi connectivity index (χ4n) is 2.61. The number of nitrogens with zero attached hydrogens (tertiary/aromatic N) is 2. The van der Waals surface area contributed by atoms with E-state index in [1.165, 1.54) is 12.8 Å². The molecule has 0 saturated carbocycles. The minimum atomic E-state index is 0.573. The Labute approximate surface area is 112 Å².